The Morgan fingerprint density at radius 2 is 1.70 bits per heavy atom. The number of nitrogens with one attached hydrogen (secondary N) is 1. The molecule has 0 aromatic carbocycles. The summed E-state index contributed by atoms with van der Waals surface area (Å²) >= 11 is 0. The van der Waals surface area contributed by atoms with Crippen molar-refractivity contribution in [1.29, 1.82) is 0 Å². The van der Waals surface area contributed by atoms with E-state index in [2.05, 4.69) is 5.32 Å². The Hall–Kier alpha value is -0.450. The van der Waals surface area contributed by atoms with Gasteiger partial charge in [0.05, 0.1) is 12.2 Å². The van der Waals surface area contributed by atoms with Gasteiger partial charge in [0.1, 0.15) is 0 Å². The molecule has 3 fully saturated rings. The number of carbonyl (C=O) groups excluding carboxylic acids is 1. The van der Waals surface area contributed by atoms with E-state index in [4.69, 9.17) is 4.74 Å². The molecular weight excluding hydrogens is 392 g/mol. The predicted octanol–water partition coefficient (Wildman–Crippen LogP) is 0.296. The van der Waals surface area contributed by atoms with Crippen molar-refractivity contribution in [1.82, 2.24) is 18.8 Å². The second-order valence-corrected chi connectivity index (χ2v) is 9.69. The normalized spacial score (nSPS) is 30.9. The Morgan fingerprint density at radius 3 is 2.26 bits per heavy atom. The molecule has 0 bridgehead atoms. The van der Waals surface area contributed by atoms with Crippen molar-refractivity contribution in [2.24, 2.45) is 5.92 Å². The fourth-order valence-electron chi connectivity index (χ4n) is 4.10. The lowest BCUT2D eigenvalue weighted by Crippen LogP contribution is -2.57. The number of halogens is 1. The van der Waals surface area contributed by atoms with Gasteiger partial charge in [-0.1, -0.05) is 0 Å². The van der Waals surface area contributed by atoms with Crippen molar-refractivity contribution < 1.29 is 17.9 Å². The maximum absolute atomic E-state index is 12.9. The van der Waals surface area contributed by atoms with Crippen LogP contribution in [0.15, 0.2) is 0 Å². The van der Waals surface area contributed by atoms with E-state index in [9.17, 15) is 13.2 Å². The van der Waals surface area contributed by atoms with Crippen LogP contribution in [0.4, 0.5) is 0 Å². The van der Waals surface area contributed by atoms with E-state index in [0.29, 0.717) is 51.6 Å². The van der Waals surface area contributed by atoms with E-state index in [1.807, 2.05) is 18.7 Å². The van der Waals surface area contributed by atoms with Gasteiger partial charge in [0.15, 0.2) is 0 Å². The second kappa shape index (κ2) is 9.84. The first-order chi connectivity index (χ1) is 12.4. The lowest BCUT2D eigenvalue weighted by molar-refractivity contribution is -0.132. The van der Waals surface area contributed by atoms with E-state index in [1.54, 1.807) is 0 Å². The molecule has 10 heteroatoms. The van der Waals surface area contributed by atoms with Gasteiger partial charge in [-0.25, -0.2) is 0 Å². The van der Waals surface area contributed by atoms with E-state index in [0.717, 1.165) is 25.9 Å². The molecule has 0 spiro atoms. The quantitative estimate of drug-likeness (QED) is 0.686. The summed E-state index contributed by atoms with van der Waals surface area (Å²) in [6.07, 6.45) is 2.45. The molecule has 0 aromatic rings. The Labute approximate surface area is 169 Å². The molecule has 3 rings (SSSR count). The summed E-state index contributed by atoms with van der Waals surface area (Å²) < 4.78 is 34.5. The third-order valence-corrected chi connectivity index (χ3v) is 7.53. The van der Waals surface area contributed by atoms with Gasteiger partial charge in [-0.3, -0.25) is 4.79 Å². The van der Waals surface area contributed by atoms with Gasteiger partial charge in [0.2, 0.25) is 5.91 Å². The molecule has 158 valence electrons. The van der Waals surface area contributed by atoms with Crippen LogP contribution in [0.5, 0.6) is 0 Å². The Morgan fingerprint density at radius 1 is 1.07 bits per heavy atom. The van der Waals surface area contributed by atoms with Crippen molar-refractivity contribution in [3.63, 3.8) is 0 Å². The molecule has 3 aliphatic heterocycles. The fraction of sp³-hybridized carbons (Fsp3) is 0.941. The van der Waals surface area contributed by atoms with Crippen LogP contribution in [0, 0.1) is 5.92 Å². The van der Waals surface area contributed by atoms with Crippen molar-refractivity contribution in [3.05, 3.63) is 0 Å². The summed E-state index contributed by atoms with van der Waals surface area (Å²) in [6.45, 7) is 8.35. The van der Waals surface area contributed by atoms with Crippen LogP contribution in [0.25, 0.3) is 0 Å². The molecule has 0 radical (unpaired) electrons. The van der Waals surface area contributed by atoms with Crippen LogP contribution in [0.2, 0.25) is 0 Å². The first-order valence-corrected chi connectivity index (χ1v) is 11.1. The van der Waals surface area contributed by atoms with Crippen LogP contribution in [-0.2, 0) is 19.7 Å². The maximum Gasteiger partial charge on any atom is 0.282 e. The average molecular weight is 425 g/mol. The largest absolute Gasteiger partial charge is 0.373 e. The number of hydrogen-bond donors (Lipinski definition) is 1. The van der Waals surface area contributed by atoms with Crippen LogP contribution in [-0.4, -0.2) is 92.4 Å². The summed E-state index contributed by atoms with van der Waals surface area (Å²) in [5, 5.41) is 3.32. The van der Waals surface area contributed by atoms with Gasteiger partial charge in [0.25, 0.3) is 10.2 Å². The van der Waals surface area contributed by atoms with Gasteiger partial charge in [-0.15, -0.1) is 12.4 Å². The van der Waals surface area contributed by atoms with Gasteiger partial charge < -0.3 is 15.0 Å². The zero-order valence-corrected chi connectivity index (χ0v) is 17.9. The zero-order chi connectivity index (χ0) is 18.7. The Kier molecular flexibility index (Phi) is 8.33. The molecule has 3 heterocycles. The highest BCUT2D eigenvalue weighted by molar-refractivity contribution is 7.86. The maximum atomic E-state index is 12.9. The number of piperazine rings is 1. The molecule has 3 saturated heterocycles. The summed E-state index contributed by atoms with van der Waals surface area (Å²) in [6, 6.07) is 0. The van der Waals surface area contributed by atoms with Gasteiger partial charge >= 0.3 is 0 Å². The highest BCUT2D eigenvalue weighted by atomic mass is 35.5. The van der Waals surface area contributed by atoms with Crippen LogP contribution >= 0.6 is 12.4 Å². The molecule has 0 aromatic heterocycles. The second-order valence-electron chi connectivity index (χ2n) is 7.76. The lowest BCUT2D eigenvalue weighted by Gasteiger charge is -2.40. The van der Waals surface area contributed by atoms with Crippen LogP contribution < -0.4 is 5.32 Å². The van der Waals surface area contributed by atoms with Crippen LogP contribution in [0.3, 0.4) is 0 Å². The van der Waals surface area contributed by atoms with E-state index < -0.39 is 10.2 Å². The number of ether oxygens (including phenoxy) is 1. The van der Waals surface area contributed by atoms with Crippen molar-refractivity contribution >= 4 is 28.5 Å². The molecule has 3 atom stereocenters. The standard InChI is InChI=1S/C17H32N4O4S.ClH/c1-14-12-21(13-15(2)25-14)26(23,24)20-9-7-19(8-10-20)17(22)4-3-16-5-6-18-11-16;/h14-16,18H,3-13H2,1-2H3;1H. The number of nitrogens with zero attached hydrogens (tertiary/aromatic N) is 3. The molecule has 3 unspecified atom stereocenters. The lowest BCUT2D eigenvalue weighted by atomic mass is 10.0. The van der Waals surface area contributed by atoms with Crippen molar-refractivity contribution in [3.8, 4) is 0 Å². The first-order valence-electron chi connectivity index (χ1n) is 9.75. The minimum absolute atomic E-state index is 0. The van der Waals surface area contributed by atoms with E-state index in [-0.39, 0.29) is 30.5 Å². The van der Waals surface area contributed by atoms with Gasteiger partial charge in [-0.2, -0.15) is 17.0 Å². The fourth-order valence-corrected chi connectivity index (χ4v) is 5.85. The predicted molar refractivity (Wildman–Crippen MR) is 106 cm³/mol. The monoisotopic (exact) mass is 424 g/mol. The molecule has 8 nitrogen and oxygen atoms in total. The molecule has 1 amide bonds. The topological polar surface area (TPSA) is 82.2 Å². The summed E-state index contributed by atoms with van der Waals surface area (Å²) in [5.74, 6) is 0.758. The summed E-state index contributed by atoms with van der Waals surface area (Å²) in [5.41, 5.74) is 0. The SMILES string of the molecule is CC1CN(S(=O)(=O)N2CCN(C(=O)CCC3CCNC3)CC2)CC(C)O1.Cl. The first kappa shape index (κ1) is 22.8. The number of carbonyl (C=O) groups is 1. The Balaban J connectivity index is 0.00000261. The molecule has 0 saturated carbocycles. The highest BCUT2D eigenvalue weighted by Gasteiger charge is 2.37. The minimum atomic E-state index is -3.48. The number of hydrogen-bond acceptors (Lipinski definition) is 5. The molecule has 0 aliphatic carbocycles. The third kappa shape index (κ3) is 5.77. The molecule has 1 N–H and O–H groups in total. The number of rotatable bonds is 5. The average Bonchev–Trinajstić information content (AvgIpc) is 3.12. The molecular formula is C17H33ClN4O4S. The minimum Gasteiger partial charge on any atom is -0.373 e. The van der Waals surface area contributed by atoms with Crippen molar-refractivity contribution in [2.45, 2.75) is 45.3 Å². The molecule has 3 aliphatic rings. The smallest absolute Gasteiger partial charge is 0.282 e. The van der Waals surface area contributed by atoms with Gasteiger partial charge in [0, 0.05) is 45.7 Å². The van der Waals surface area contributed by atoms with Gasteiger partial charge in [-0.05, 0) is 45.7 Å². The number of amides is 1. The van der Waals surface area contributed by atoms with Crippen LogP contribution in [0.1, 0.15) is 33.1 Å². The van der Waals surface area contributed by atoms with E-state index in [1.165, 1.54) is 8.61 Å². The van der Waals surface area contributed by atoms with Crippen molar-refractivity contribution in [2.75, 3.05) is 52.4 Å². The zero-order valence-electron chi connectivity index (χ0n) is 16.3. The number of morpholine rings is 1. The highest BCUT2D eigenvalue weighted by Crippen LogP contribution is 2.20. The third-order valence-electron chi connectivity index (χ3n) is 5.56. The molecule has 27 heavy (non-hydrogen) atoms. The summed E-state index contributed by atoms with van der Waals surface area (Å²) in [7, 11) is -3.48. The summed E-state index contributed by atoms with van der Waals surface area (Å²) in [4.78, 5) is 14.2. The Bertz CT molecular complexity index is 582. The van der Waals surface area contributed by atoms with E-state index >= 15 is 0 Å².